The maximum Gasteiger partial charge on any atom is 0.161 e. The molecule has 12 heteroatoms. The van der Waals surface area contributed by atoms with Crippen molar-refractivity contribution in [3.05, 3.63) is 24.0 Å². The Morgan fingerprint density at radius 1 is 0.704 bits per heavy atom. The molecule has 0 bridgehead atoms. The van der Waals surface area contributed by atoms with Gasteiger partial charge in [-0.15, -0.1) is 0 Å². The van der Waals surface area contributed by atoms with Crippen molar-refractivity contribution < 1.29 is 58.3 Å². The molecule has 4 N–H and O–H groups in total. The second kappa shape index (κ2) is 13.7. The van der Waals surface area contributed by atoms with E-state index in [0.29, 0.717) is 30.8 Å². The van der Waals surface area contributed by atoms with Gasteiger partial charge in [-0.2, -0.15) is 0 Å². The van der Waals surface area contributed by atoms with Gasteiger partial charge in [0.25, 0.3) is 0 Å². The zero-order valence-corrected chi connectivity index (χ0v) is 32.8. The summed E-state index contributed by atoms with van der Waals surface area (Å²) in [6.07, 6.45) is 4.23. The minimum Gasteiger partial charge on any atom is -0.490 e. The molecule has 0 radical (unpaired) electrons. The minimum atomic E-state index is -0.986. The molecule has 0 aromatic heterocycles. The van der Waals surface area contributed by atoms with E-state index in [1.165, 1.54) is 24.8 Å². The van der Waals surface area contributed by atoms with E-state index in [9.17, 15) is 20.4 Å². The SMILES string of the molecule is C=C1C=C([C@H]2CC[C@]34O[C@@]35CC[C@H]3C[C@@H](O[C@H]6C[C@H](O)[C@H](O[C@H]7C[C@H](O)[C@H](O[C@H]8C[C@H](O)[C@H](O)[C@@H](C)O8)[C@@H](C)O7)[C@@H](C)O6)CC[C@]3(C)[C@H]5CC[C@]24C)CO1. The molecule has 5 heterocycles. The number of hydrogen-bond acceptors (Lipinski definition) is 12. The van der Waals surface area contributed by atoms with Gasteiger partial charge >= 0.3 is 0 Å². The van der Waals surface area contributed by atoms with Crippen LogP contribution >= 0.6 is 0 Å². The minimum absolute atomic E-state index is 0.00609. The molecule has 4 saturated carbocycles. The highest BCUT2D eigenvalue weighted by Crippen LogP contribution is 2.81. The van der Waals surface area contributed by atoms with Crippen LogP contribution in [0.25, 0.3) is 0 Å². The van der Waals surface area contributed by atoms with Gasteiger partial charge in [-0.3, -0.25) is 0 Å². The maximum atomic E-state index is 11.3. The van der Waals surface area contributed by atoms with Crippen LogP contribution in [0.2, 0.25) is 0 Å². The van der Waals surface area contributed by atoms with Gasteiger partial charge in [0.2, 0.25) is 0 Å². The summed E-state index contributed by atoms with van der Waals surface area (Å²) < 4.78 is 50.0. The van der Waals surface area contributed by atoms with E-state index in [0.717, 1.165) is 44.3 Å². The summed E-state index contributed by atoms with van der Waals surface area (Å²) in [5.41, 5.74) is 1.80. The normalized spacial score (nSPS) is 56.9. The Morgan fingerprint density at radius 2 is 1.33 bits per heavy atom. The predicted octanol–water partition coefficient (Wildman–Crippen LogP) is 4.39. The fraction of sp³-hybridized carbons (Fsp3) is 0.905. The Morgan fingerprint density at radius 3 is 1.94 bits per heavy atom. The van der Waals surface area contributed by atoms with Crippen LogP contribution < -0.4 is 0 Å². The lowest BCUT2D eigenvalue weighted by molar-refractivity contribution is -0.336. The molecule has 9 aliphatic rings. The van der Waals surface area contributed by atoms with Gasteiger partial charge in [0.15, 0.2) is 18.9 Å². The summed E-state index contributed by atoms with van der Waals surface area (Å²) in [6.45, 7) is 15.2. The first-order chi connectivity index (χ1) is 25.7. The lowest BCUT2D eigenvalue weighted by Gasteiger charge is -2.58. The molecule has 2 spiro atoms. The molecule has 9 rings (SSSR count). The van der Waals surface area contributed by atoms with E-state index in [1.54, 1.807) is 13.8 Å². The summed E-state index contributed by atoms with van der Waals surface area (Å²) in [6, 6.07) is 0. The maximum absolute atomic E-state index is 11.3. The molecule has 0 amide bonds. The number of rotatable bonds is 7. The van der Waals surface area contributed by atoms with Crippen molar-refractivity contribution in [3.8, 4) is 0 Å². The monoisotopic (exact) mass is 760 g/mol. The molecular formula is C42H64O12. The molecule has 20 atom stereocenters. The van der Waals surface area contributed by atoms with Crippen molar-refractivity contribution in [3.63, 3.8) is 0 Å². The smallest absolute Gasteiger partial charge is 0.161 e. The predicted molar refractivity (Wildman–Crippen MR) is 193 cm³/mol. The van der Waals surface area contributed by atoms with E-state index < -0.39 is 73.8 Å². The summed E-state index contributed by atoms with van der Waals surface area (Å²) in [4.78, 5) is 0. The average Bonchev–Trinajstić information content (AvgIpc) is 3.43. The standard InChI is InChI=1S/C42H64O12/c1-21-15-25(20-47-21)28-9-14-42-40(28,6)12-10-32-39(5)11-8-27(16-26(39)7-13-41(32,42)54-42)51-33-18-30(44)37(23(3)49-33)53-35-19-31(45)38(24(4)50-35)52-34-17-29(43)36(46)22(2)48-34/h15,22-24,26-38,43-46H,1,7-14,16-20H2,2-6H3/t22-,23-,24-,26+,27+,28-,29+,30+,31+,32-,33+,34+,35+,36-,37-,38-,39+,40-,41-,42-/m1/s1. The van der Waals surface area contributed by atoms with Crippen LogP contribution in [0.4, 0.5) is 0 Å². The van der Waals surface area contributed by atoms with Crippen LogP contribution in [0.3, 0.4) is 0 Å². The third kappa shape index (κ3) is 5.94. The van der Waals surface area contributed by atoms with Crippen LogP contribution in [0.5, 0.6) is 0 Å². The number of allylic oxidation sites excluding steroid dienone is 1. The Bertz CT molecular complexity index is 1440. The molecule has 8 fully saturated rings. The van der Waals surface area contributed by atoms with E-state index >= 15 is 0 Å². The highest BCUT2D eigenvalue weighted by molar-refractivity contribution is 5.38. The molecule has 54 heavy (non-hydrogen) atoms. The zero-order chi connectivity index (χ0) is 37.9. The van der Waals surface area contributed by atoms with E-state index in [-0.39, 0.29) is 41.0 Å². The molecule has 4 aliphatic carbocycles. The Labute approximate surface area is 319 Å². The van der Waals surface area contributed by atoms with Crippen molar-refractivity contribution >= 4 is 0 Å². The summed E-state index contributed by atoms with van der Waals surface area (Å²) in [5, 5.41) is 42.5. The summed E-state index contributed by atoms with van der Waals surface area (Å²) in [5.74, 6) is 2.46. The second-order valence-corrected chi connectivity index (χ2v) is 19.1. The number of hydrogen-bond donors (Lipinski definition) is 4. The number of aliphatic hydroxyl groups excluding tert-OH is 4. The van der Waals surface area contributed by atoms with Gasteiger partial charge in [0.1, 0.15) is 41.9 Å². The topological polar surface area (TPSA) is 158 Å². The number of fused-ring (bicyclic) bond motifs is 2. The van der Waals surface area contributed by atoms with Gasteiger partial charge in [-0.25, -0.2) is 0 Å². The average molecular weight is 761 g/mol. The van der Waals surface area contributed by atoms with Gasteiger partial charge in [-0.05, 0) is 113 Å². The number of aliphatic hydroxyl groups is 4. The summed E-state index contributed by atoms with van der Waals surface area (Å²) in [7, 11) is 0. The van der Waals surface area contributed by atoms with Crippen LogP contribution in [0.1, 0.15) is 112 Å². The van der Waals surface area contributed by atoms with Crippen molar-refractivity contribution in [2.24, 2.45) is 28.6 Å². The summed E-state index contributed by atoms with van der Waals surface area (Å²) >= 11 is 0. The zero-order valence-electron chi connectivity index (χ0n) is 32.8. The van der Waals surface area contributed by atoms with Gasteiger partial charge in [0.05, 0.1) is 42.7 Å². The molecule has 304 valence electrons. The van der Waals surface area contributed by atoms with Crippen molar-refractivity contribution in [1.29, 1.82) is 0 Å². The first kappa shape index (κ1) is 38.4. The molecule has 12 nitrogen and oxygen atoms in total. The van der Waals surface area contributed by atoms with Crippen LogP contribution in [0, 0.1) is 28.6 Å². The van der Waals surface area contributed by atoms with E-state index in [2.05, 4.69) is 26.5 Å². The van der Waals surface area contributed by atoms with Gasteiger partial charge in [0, 0.05) is 24.7 Å². The quantitative estimate of drug-likeness (QED) is 0.215. The molecule has 5 aliphatic heterocycles. The van der Waals surface area contributed by atoms with Crippen LogP contribution in [-0.4, -0.2) is 118 Å². The Kier molecular flexibility index (Phi) is 9.74. The van der Waals surface area contributed by atoms with Gasteiger partial charge in [-0.1, -0.05) is 20.4 Å². The second-order valence-electron chi connectivity index (χ2n) is 19.1. The molecular weight excluding hydrogens is 696 g/mol. The number of epoxide rings is 1. The third-order valence-electron chi connectivity index (χ3n) is 16.3. The Hall–Kier alpha value is -1.16. The molecule has 0 aromatic carbocycles. The van der Waals surface area contributed by atoms with Crippen molar-refractivity contribution in [2.45, 2.75) is 203 Å². The van der Waals surface area contributed by atoms with Crippen LogP contribution in [-0.2, 0) is 37.9 Å². The molecule has 0 aromatic rings. The first-order valence-corrected chi connectivity index (χ1v) is 21.0. The van der Waals surface area contributed by atoms with E-state index in [4.69, 9.17) is 37.9 Å². The third-order valence-corrected chi connectivity index (χ3v) is 16.3. The fourth-order valence-corrected chi connectivity index (χ4v) is 13.4. The molecule has 4 saturated heterocycles. The highest BCUT2D eigenvalue weighted by Gasteiger charge is 2.86. The number of ether oxygens (including phenoxy) is 8. The highest BCUT2D eigenvalue weighted by atomic mass is 16.7. The molecule has 0 unspecified atom stereocenters. The lowest BCUT2D eigenvalue weighted by atomic mass is 9.44. The van der Waals surface area contributed by atoms with Gasteiger partial charge < -0.3 is 58.3 Å². The van der Waals surface area contributed by atoms with Crippen LogP contribution in [0.15, 0.2) is 24.0 Å². The van der Waals surface area contributed by atoms with Crippen molar-refractivity contribution in [1.82, 2.24) is 0 Å². The van der Waals surface area contributed by atoms with Crippen molar-refractivity contribution in [2.75, 3.05) is 6.61 Å². The first-order valence-electron chi connectivity index (χ1n) is 21.0. The lowest BCUT2D eigenvalue weighted by Crippen LogP contribution is -2.59. The Balaban J connectivity index is 0.770. The van der Waals surface area contributed by atoms with E-state index in [1.807, 2.05) is 6.92 Å². The largest absolute Gasteiger partial charge is 0.490 e. The fourth-order valence-electron chi connectivity index (χ4n) is 13.4.